The largest absolute Gasteiger partial charge is 0.0896 e. The molecule has 0 N–H and O–H groups in total. The van der Waals surface area contributed by atoms with Crippen molar-refractivity contribution in [1.29, 1.82) is 0 Å². The Balaban J connectivity index is 2.53. The van der Waals surface area contributed by atoms with Crippen molar-refractivity contribution < 1.29 is 0 Å². The molecule has 0 fully saturated rings. The first kappa shape index (κ1) is 14.2. The summed E-state index contributed by atoms with van der Waals surface area (Å²) >= 11 is 6.11. The molecule has 19 heavy (non-hydrogen) atoms. The van der Waals surface area contributed by atoms with Crippen molar-refractivity contribution in [2.45, 2.75) is 19.5 Å². The smallest absolute Gasteiger partial charge is 0.0130 e. The fraction of sp³-hybridized carbons (Fsp3) is 0.176. The topological polar surface area (TPSA) is 0 Å². The molecule has 0 spiro atoms. The SMILES string of the molecule is C=C(c1ccccc1)[P@@](=S)(c1ccccc1)C(C)C. The molecule has 0 nitrogen and oxygen atoms in total. The van der Waals surface area contributed by atoms with Crippen molar-refractivity contribution in [2.75, 3.05) is 0 Å². The maximum atomic E-state index is 6.11. The van der Waals surface area contributed by atoms with Gasteiger partial charge in [0.2, 0.25) is 0 Å². The van der Waals surface area contributed by atoms with Crippen LogP contribution in [-0.4, -0.2) is 5.66 Å². The van der Waals surface area contributed by atoms with Gasteiger partial charge in [-0.2, -0.15) is 0 Å². The van der Waals surface area contributed by atoms with Gasteiger partial charge in [0, 0.05) is 6.04 Å². The first-order valence-corrected chi connectivity index (χ1v) is 9.34. The molecule has 0 aromatic heterocycles. The Hall–Kier alpha value is -1.17. The van der Waals surface area contributed by atoms with Gasteiger partial charge in [0.1, 0.15) is 0 Å². The third-order valence-corrected chi connectivity index (χ3v) is 9.51. The molecular weight excluding hydrogens is 267 g/mol. The third kappa shape index (κ3) is 2.73. The van der Waals surface area contributed by atoms with Crippen molar-refractivity contribution in [2.24, 2.45) is 0 Å². The first-order chi connectivity index (χ1) is 9.06. The summed E-state index contributed by atoms with van der Waals surface area (Å²) in [5, 5.41) is 2.37. The molecule has 2 rings (SSSR count). The van der Waals surface area contributed by atoms with Crippen LogP contribution in [0.15, 0.2) is 67.2 Å². The lowest BCUT2D eigenvalue weighted by molar-refractivity contribution is 1.10. The highest BCUT2D eigenvalue weighted by Gasteiger charge is 2.27. The second-order valence-corrected chi connectivity index (χ2v) is 10.0. The predicted octanol–water partition coefficient (Wildman–Crippen LogP) is 4.87. The maximum absolute atomic E-state index is 6.11. The van der Waals surface area contributed by atoms with Crippen molar-refractivity contribution in [3.05, 3.63) is 72.8 Å². The van der Waals surface area contributed by atoms with Gasteiger partial charge < -0.3 is 0 Å². The fourth-order valence-electron chi connectivity index (χ4n) is 2.24. The fourth-order valence-corrected chi connectivity index (χ4v) is 5.60. The highest BCUT2D eigenvalue weighted by atomic mass is 32.4. The molecule has 98 valence electrons. The summed E-state index contributed by atoms with van der Waals surface area (Å²) < 4.78 is 0. The van der Waals surface area contributed by atoms with E-state index in [-0.39, 0.29) is 0 Å². The Labute approximate surface area is 121 Å². The summed E-state index contributed by atoms with van der Waals surface area (Å²) in [6, 6.07) is 19.0. The molecule has 0 aliphatic heterocycles. The van der Waals surface area contributed by atoms with Crippen molar-refractivity contribution in [1.82, 2.24) is 0 Å². The Kier molecular flexibility index (Phi) is 4.39. The zero-order valence-electron chi connectivity index (χ0n) is 11.4. The van der Waals surface area contributed by atoms with Gasteiger partial charge >= 0.3 is 0 Å². The minimum absolute atomic E-state index is 0.414. The lowest BCUT2D eigenvalue weighted by Gasteiger charge is -2.29. The van der Waals surface area contributed by atoms with E-state index >= 15 is 0 Å². The van der Waals surface area contributed by atoms with E-state index < -0.39 is 6.04 Å². The van der Waals surface area contributed by atoms with Gasteiger partial charge in [-0.3, -0.25) is 0 Å². The molecule has 2 aromatic carbocycles. The van der Waals surface area contributed by atoms with Gasteiger partial charge in [0.15, 0.2) is 0 Å². The van der Waals surface area contributed by atoms with E-state index in [0.29, 0.717) is 5.66 Å². The van der Waals surface area contributed by atoms with E-state index in [2.05, 4.69) is 56.8 Å². The van der Waals surface area contributed by atoms with E-state index in [4.69, 9.17) is 11.8 Å². The van der Waals surface area contributed by atoms with E-state index in [9.17, 15) is 0 Å². The number of rotatable bonds is 4. The van der Waals surface area contributed by atoms with Crippen LogP contribution in [0.25, 0.3) is 5.31 Å². The second kappa shape index (κ2) is 5.86. The Morgan fingerprint density at radius 1 is 0.947 bits per heavy atom. The molecule has 2 heteroatoms. The molecule has 0 heterocycles. The highest BCUT2D eigenvalue weighted by Crippen LogP contribution is 2.60. The molecule has 0 aliphatic rings. The molecule has 0 radical (unpaired) electrons. The molecule has 2 aromatic rings. The lowest BCUT2D eigenvalue weighted by atomic mass is 10.2. The standard InChI is InChI=1S/C17H19PS/c1-14(2)18(19,17-12-8-5-9-13-17)15(3)16-10-6-4-7-11-16/h4-14H,3H2,1-2H3/t18-/m1/s1. The summed E-state index contributed by atoms with van der Waals surface area (Å²) in [4.78, 5) is 0. The molecule has 0 unspecified atom stereocenters. The van der Waals surface area contributed by atoms with Crippen LogP contribution in [-0.2, 0) is 11.8 Å². The molecule has 0 amide bonds. The second-order valence-electron chi connectivity index (χ2n) is 4.90. The minimum Gasteiger partial charge on any atom is -0.0896 e. The molecule has 0 saturated heterocycles. The zero-order chi connectivity index (χ0) is 13.9. The Bertz CT molecular complexity index is 600. The van der Waals surface area contributed by atoms with Gasteiger partial charge in [0.25, 0.3) is 0 Å². The first-order valence-electron chi connectivity index (χ1n) is 6.47. The summed E-state index contributed by atoms with van der Waals surface area (Å²) in [6.07, 6.45) is 0. The zero-order valence-corrected chi connectivity index (χ0v) is 13.1. The predicted molar refractivity (Wildman–Crippen MR) is 91.0 cm³/mol. The Morgan fingerprint density at radius 3 is 1.89 bits per heavy atom. The van der Waals surface area contributed by atoms with Gasteiger partial charge in [-0.1, -0.05) is 92.9 Å². The summed E-state index contributed by atoms with van der Waals surface area (Å²) in [5.41, 5.74) is 1.58. The van der Waals surface area contributed by atoms with E-state index in [1.54, 1.807) is 0 Å². The summed E-state index contributed by atoms with van der Waals surface area (Å²) in [5.74, 6) is 0. The summed E-state index contributed by atoms with van der Waals surface area (Å²) in [6.45, 7) is 8.76. The molecular formula is C17H19PS. The average Bonchev–Trinajstić information content (AvgIpc) is 2.47. The third-order valence-electron chi connectivity index (χ3n) is 3.37. The van der Waals surface area contributed by atoms with Crippen molar-refractivity contribution >= 4 is 28.5 Å². The van der Waals surface area contributed by atoms with Crippen LogP contribution in [0.5, 0.6) is 0 Å². The van der Waals surface area contributed by atoms with Gasteiger partial charge in [-0.25, -0.2) is 0 Å². The van der Waals surface area contributed by atoms with Crippen LogP contribution in [0.4, 0.5) is 0 Å². The molecule has 0 aliphatic carbocycles. The normalized spacial score (nSPS) is 14.1. The lowest BCUT2D eigenvalue weighted by Crippen LogP contribution is -2.13. The maximum Gasteiger partial charge on any atom is 0.0130 e. The summed E-state index contributed by atoms with van der Waals surface area (Å²) in [7, 11) is 0. The van der Waals surface area contributed by atoms with Crippen LogP contribution in [0.1, 0.15) is 19.4 Å². The van der Waals surface area contributed by atoms with E-state index in [0.717, 1.165) is 5.31 Å². The average molecular weight is 286 g/mol. The van der Waals surface area contributed by atoms with E-state index in [1.165, 1.54) is 10.9 Å². The monoisotopic (exact) mass is 286 g/mol. The molecule has 0 bridgehead atoms. The van der Waals surface area contributed by atoms with Crippen LogP contribution >= 0.6 is 6.04 Å². The van der Waals surface area contributed by atoms with Crippen LogP contribution in [0, 0.1) is 0 Å². The van der Waals surface area contributed by atoms with Gasteiger partial charge in [-0.05, 0) is 21.8 Å². The number of hydrogen-bond acceptors (Lipinski definition) is 1. The van der Waals surface area contributed by atoms with Crippen LogP contribution in [0.2, 0.25) is 0 Å². The van der Waals surface area contributed by atoms with Gasteiger partial charge in [0.05, 0.1) is 0 Å². The van der Waals surface area contributed by atoms with Gasteiger partial charge in [-0.15, -0.1) is 0 Å². The van der Waals surface area contributed by atoms with Crippen LogP contribution < -0.4 is 5.30 Å². The highest BCUT2D eigenvalue weighted by molar-refractivity contribution is 8.23. The number of benzene rings is 2. The van der Waals surface area contributed by atoms with E-state index in [1.807, 2.05) is 24.3 Å². The quantitative estimate of drug-likeness (QED) is 0.722. The Morgan fingerprint density at radius 2 is 1.42 bits per heavy atom. The van der Waals surface area contributed by atoms with Crippen molar-refractivity contribution in [3.8, 4) is 0 Å². The van der Waals surface area contributed by atoms with Crippen LogP contribution in [0.3, 0.4) is 0 Å². The molecule has 0 saturated carbocycles. The number of hydrogen-bond donors (Lipinski definition) is 0. The minimum atomic E-state index is -1.82. The van der Waals surface area contributed by atoms with Crippen molar-refractivity contribution in [3.63, 3.8) is 0 Å². The molecule has 1 atom stereocenters.